The van der Waals surface area contributed by atoms with Gasteiger partial charge in [0, 0.05) is 96.4 Å². The molecule has 0 atom stereocenters. The van der Waals surface area contributed by atoms with Crippen LogP contribution in [0, 0.1) is 49.0 Å². The molecule has 8 nitrogen and oxygen atoms in total. The van der Waals surface area contributed by atoms with Gasteiger partial charge in [0.1, 0.15) is 28.6 Å². The Morgan fingerprint density at radius 2 is 0.644 bits per heavy atom. The molecule has 524 valence electrons. The topological polar surface area (TPSA) is 116 Å². The first-order valence-electron chi connectivity index (χ1n) is 33.6. The van der Waals surface area contributed by atoms with Crippen molar-refractivity contribution in [3.05, 3.63) is 330 Å². The van der Waals surface area contributed by atoms with Crippen LogP contribution < -0.4 is 31.8 Å². The number of aryl methyl sites for hydroxylation is 6. The standard InChI is InChI=1S/2C43H39N2OP.C2H6O2.3CH4.CH3.2Zn/c1-28-23-30(3)40(31(4)24-28)44-27-34-15-13-20-37-38-21-14-22-39(43(38)46-42(34)37)47(35-16-9-7-10-17-35,36-18-11-8-12-19-36)45-41-32(5)25-29(2)26-33(41)6;1-30(2)35-22-11-13-26-39(35)44-29-32-17-15-24-37-38-25-16-28-41(43(38)46-42(32)37)47(33-18-7-5-8-19-33,34-20-9-6-10-21-34)45-40-27-14-12-23-36(40)31(3)4;1-2(3)4;;;;;;/h7-27H,1-6H3;5-31H,1-4H3;2-4H,1H3;3*1H4;1H3;;/q;;;;;;-1;;+2. The minimum Gasteiger partial charge on any atom is -0.455 e. The number of nitrogens with zero attached hydrogens (tertiary/aromatic N) is 4. The number of fused-ring (bicyclic) bond motifs is 6. The fourth-order valence-corrected chi connectivity index (χ4v) is 21.0. The average molecular weight is 1520 g/mol. The second-order valence-electron chi connectivity index (χ2n) is 25.8. The van der Waals surface area contributed by atoms with Crippen molar-refractivity contribution in [2.75, 3.05) is 0 Å². The molecule has 0 saturated heterocycles. The Labute approximate surface area is 644 Å². The van der Waals surface area contributed by atoms with Crippen molar-refractivity contribution in [2.45, 2.75) is 117 Å². The van der Waals surface area contributed by atoms with Crippen molar-refractivity contribution in [2.24, 2.45) is 19.5 Å². The summed E-state index contributed by atoms with van der Waals surface area (Å²) >= 11 is 0. The van der Waals surface area contributed by atoms with Gasteiger partial charge < -0.3 is 26.5 Å². The number of hydrogen-bond acceptors (Lipinski definition) is 8. The van der Waals surface area contributed by atoms with Crippen LogP contribution in [0.15, 0.2) is 295 Å². The second-order valence-corrected chi connectivity index (χ2v) is 31.8. The largest absolute Gasteiger partial charge is 2.00 e. The summed E-state index contributed by atoms with van der Waals surface area (Å²) in [6, 6.07) is 94.8. The average Bonchev–Trinajstić information content (AvgIpc) is 1.44. The summed E-state index contributed by atoms with van der Waals surface area (Å²) in [6.07, 6.45) is 2.74. The van der Waals surface area contributed by atoms with Crippen LogP contribution in [0.4, 0.5) is 22.7 Å². The van der Waals surface area contributed by atoms with Crippen LogP contribution in [0.25, 0.3) is 43.9 Å². The maximum absolute atomic E-state index is 7.61. The SMILES string of the molecule is C.C.C.CC(C)c1ccccc1N=Cc1cccc2c1oc1c(P(=Nc3ccccc3C(C)C)(c3ccccc3)c3ccccc3)cccc12.CC(O)O.Cc1cc(C)c(N=Cc2cccc3c2oc2c(P(=Nc4c(C)cc(C)cc4C)(c4ccccc4)c4ccccc4)cccc23)c(C)c1.[CH3-].[Zn+2].[Zn]. The van der Waals surface area contributed by atoms with Crippen LogP contribution in [0.1, 0.15) is 124 Å². The monoisotopic (exact) mass is 1510 g/mol. The Bertz CT molecular complexity index is 5240. The minimum absolute atomic E-state index is 0. The first kappa shape index (κ1) is 84.1. The zero-order chi connectivity index (χ0) is 68.7. The van der Waals surface area contributed by atoms with Gasteiger partial charge in [0.2, 0.25) is 0 Å². The van der Waals surface area contributed by atoms with E-state index < -0.39 is 20.4 Å². The molecule has 14 rings (SSSR count). The molecule has 0 spiro atoms. The van der Waals surface area contributed by atoms with Crippen molar-refractivity contribution in [1.82, 2.24) is 0 Å². The number of rotatable bonds is 14. The summed E-state index contributed by atoms with van der Waals surface area (Å²) in [5.74, 6) is 0.707. The van der Waals surface area contributed by atoms with Gasteiger partial charge in [-0.05, 0) is 130 Å². The minimum atomic E-state index is -2.64. The number of aliphatic hydroxyl groups is 2. The van der Waals surface area contributed by atoms with Crippen LogP contribution in [-0.4, -0.2) is 28.9 Å². The van der Waals surface area contributed by atoms with E-state index in [9.17, 15) is 0 Å². The molecule has 14 aromatic rings. The van der Waals surface area contributed by atoms with Gasteiger partial charge in [0.05, 0.1) is 36.9 Å². The van der Waals surface area contributed by atoms with Gasteiger partial charge in [0.15, 0.2) is 0 Å². The van der Waals surface area contributed by atoms with E-state index in [1.165, 1.54) is 72.6 Å². The van der Waals surface area contributed by atoms with Crippen molar-refractivity contribution in [3.8, 4) is 0 Å². The van der Waals surface area contributed by atoms with E-state index in [2.05, 4.69) is 330 Å². The van der Waals surface area contributed by atoms with Crippen LogP contribution in [0.5, 0.6) is 0 Å². The van der Waals surface area contributed by atoms with E-state index in [1.54, 1.807) is 0 Å². The van der Waals surface area contributed by atoms with Crippen molar-refractivity contribution in [1.29, 1.82) is 0 Å². The molecule has 104 heavy (non-hydrogen) atoms. The van der Waals surface area contributed by atoms with Crippen molar-refractivity contribution >= 4 is 125 Å². The Kier molecular flexibility index (Phi) is 30.1. The Balaban J connectivity index is 0.000000294. The second kappa shape index (κ2) is 37.3. The molecular formula is C92H99N4O4P2Zn2+. The maximum atomic E-state index is 7.61. The predicted molar refractivity (Wildman–Crippen MR) is 446 cm³/mol. The Hall–Kier alpha value is -8.79. The van der Waals surface area contributed by atoms with Crippen molar-refractivity contribution in [3.63, 3.8) is 0 Å². The zero-order valence-corrected chi connectivity index (χ0v) is 67.8. The number of aliphatic hydroxyl groups excluding tert-OH is 1. The molecule has 2 heterocycles. The maximum Gasteiger partial charge on any atom is 2.00 e. The van der Waals surface area contributed by atoms with Gasteiger partial charge in [-0.25, -0.2) is 0 Å². The molecule has 0 saturated carbocycles. The number of benzene rings is 12. The van der Waals surface area contributed by atoms with Gasteiger partial charge in [-0.2, -0.15) is 0 Å². The van der Waals surface area contributed by atoms with E-state index >= 15 is 0 Å². The van der Waals surface area contributed by atoms with E-state index in [1.807, 2.05) is 18.5 Å². The van der Waals surface area contributed by atoms with Crippen LogP contribution in [0.2, 0.25) is 0 Å². The third-order valence-corrected chi connectivity index (χ3v) is 25.2. The van der Waals surface area contributed by atoms with Gasteiger partial charge in [-0.3, -0.25) is 19.5 Å². The summed E-state index contributed by atoms with van der Waals surface area (Å²) < 4.78 is 25.9. The number of hydrogen-bond donors (Lipinski definition) is 2. The first-order chi connectivity index (χ1) is 47.5. The molecule has 0 amide bonds. The van der Waals surface area contributed by atoms with Crippen LogP contribution in [0.3, 0.4) is 0 Å². The molecule has 0 aliphatic carbocycles. The van der Waals surface area contributed by atoms with E-state index in [4.69, 9.17) is 38.5 Å². The van der Waals surface area contributed by atoms with E-state index in [-0.39, 0.29) is 68.7 Å². The molecule has 0 aliphatic heterocycles. The molecular weight excluding hydrogens is 1420 g/mol. The molecule has 0 bridgehead atoms. The van der Waals surface area contributed by atoms with E-state index in [0.717, 1.165) is 88.4 Å². The third-order valence-electron chi connectivity index (χ3n) is 17.9. The number of furan rings is 2. The van der Waals surface area contributed by atoms with Gasteiger partial charge in [-0.1, -0.05) is 292 Å². The van der Waals surface area contributed by atoms with Gasteiger partial charge in [-0.15, -0.1) is 0 Å². The zero-order valence-electron chi connectivity index (χ0n) is 60.1. The Morgan fingerprint density at radius 3 is 1.02 bits per heavy atom. The summed E-state index contributed by atoms with van der Waals surface area (Å²) in [5, 5.41) is 26.5. The third kappa shape index (κ3) is 17.4. The molecule has 0 aliphatic rings. The van der Waals surface area contributed by atoms with Gasteiger partial charge in [0.25, 0.3) is 0 Å². The summed E-state index contributed by atoms with van der Waals surface area (Å²) in [5.41, 5.74) is 19.0. The predicted octanol–water partition coefficient (Wildman–Crippen LogP) is 24.1. The molecule has 2 aromatic heterocycles. The molecule has 2 N–H and O–H groups in total. The van der Waals surface area contributed by atoms with Crippen LogP contribution >= 0.6 is 14.1 Å². The summed E-state index contributed by atoms with van der Waals surface area (Å²) in [6.45, 7) is 23.0. The van der Waals surface area contributed by atoms with Gasteiger partial charge >= 0.3 is 19.5 Å². The fourth-order valence-electron chi connectivity index (χ4n) is 13.6. The molecule has 0 radical (unpaired) electrons. The Morgan fingerprint density at radius 1 is 0.346 bits per heavy atom. The van der Waals surface area contributed by atoms with E-state index in [0.29, 0.717) is 11.8 Å². The first-order valence-corrected chi connectivity index (χ1v) is 37.1. The normalized spacial score (nSPS) is 11.2. The summed E-state index contributed by atoms with van der Waals surface area (Å²) in [7, 11) is -5.28. The number of aliphatic imine (C=N–C) groups is 2. The smallest absolute Gasteiger partial charge is 0.455 e. The molecule has 12 aromatic carbocycles. The number of para-hydroxylation sites is 5. The fraction of sp³-hybridized carbons (Fsp3) is 0.185. The van der Waals surface area contributed by atoms with Crippen LogP contribution in [-0.2, 0) is 39.0 Å². The molecule has 12 heteroatoms. The van der Waals surface area contributed by atoms with Crippen molar-refractivity contribution < 1.29 is 58.0 Å². The molecule has 0 unspecified atom stereocenters. The molecule has 0 fully saturated rings. The summed E-state index contributed by atoms with van der Waals surface area (Å²) in [4.78, 5) is 9.96. The quantitative estimate of drug-likeness (QED) is 0.0371.